The molecule has 17 heavy (non-hydrogen) atoms. The summed E-state index contributed by atoms with van der Waals surface area (Å²) in [5.74, 6) is 0. The first kappa shape index (κ1) is 17.0. The minimum Gasteiger partial charge on any atom is -0.103 e. The molecule has 0 atom stereocenters. The molecule has 0 aliphatic carbocycles. The summed E-state index contributed by atoms with van der Waals surface area (Å²) in [5.41, 5.74) is 0. The van der Waals surface area contributed by atoms with Crippen molar-refractivity contribution in [1.82, 2.24) is 0 Å². The predicted molar refractivity (Wildman–Crippen MR) is 84.7 cm³/mol. The third-order valence-electron chi connectivity index (χ3n) is 3.44. The third kappa shape index (κ3) is 16.0. The van der Waals surface area contributed by atoms with Crippen LogP contribution in [0.15, 0.2) is 12.7 Å². The number of hydrogen-bond donors (Lipinski definition) is 0. The molecular formula is C16H34Si. The Morgan fingerprint density at radius 2 is 1.12 bits per heavy atom. The van der Waals surface area contributed by atoms with Crippen molar-refractivity contribution in [2.45, 2.75) is 89.8 Å². The van der Waals surface area contributed by atoms with Crippen molar-refractivity contribution in [1.29, 1.82) is 0 Å². The largest absolute Gasteiger partial charge is 0.103 e. The van der Waals surface area contributed by atoms with Gasteiger partial charge in [-0.25, -0.2) is 0 Å². The molecule has 0 aromatic heterocycles. The zero-order chi connectivity index (χ0) is 12.8. The molecule has 0 aliphatic heterocycles. The topological polar surface area (TPSA) is 0 Å². The third-order valence-corrected chi connectivity index (χ3v) is 5.00. The Bertz CT molecular complexity index is 152. The molecular weight excluding hydrogens is 220 g/mol. The molecule has 0 aromatic carbocycles. The van der Waals surface area contributed by atoms with E-state index in [0.717, 1.165) is 0 Å². The lowest BCUT2D eigenvalue weighted by Crippen LogP contribution is -1.97. The lowest BCUT2D eigenvalue weighted by Gasteiger charge is -2.03. The number of allylic oxidation sites excluding steroid dienone is 1. The standard InChI is InChI=1S/C16H34Si/c1-4-5-6-7-8-9-10-11-12-13-14-15-16-17(2)3/h4,17H,1,5-16H2,2-3H3. The van der Waals surface area contributed by atoms with Gasteiger partial charge in [-0.1, -0.05) is 83.0 Å². The van der Waals surface area contributed by atoms with Crippen LogP contribution in [0.3, 0.4) is 0 Å². The molecule has 0 saturated heterocycles. The molecule has 0 aliphatic rings. The van der Waals surface area contributed by atoms with Gasteiger partial charge < -0.3 is 0 Å². The Hall–Kier alpha value is -0.0431. The summed E-state index contributed by atoms with van der Waals surface area (Å²) < 4.78 is 0. The maximum atomic E-state index is 3.76. The lowest BCUT2D eigenvalue weighted by atomic mass is 10.1. The Morgan fingerprint density at radius 3 is 1.53 bits per heavy atom. The Balaban J connectivity index is 2.91. The molecule has 0 N–H and O–H groups in total. The van der Waals surface area contributed by atoms with Crippen molar-refractivity contribution < 1.29 is 0 Å². The van der Waals surface area contributed by atoms with E-state index in [1.807, 2.05) is 6.08 Å². The molecule has 0 amide bonds. The lowest BCUT2D eigenvalue weighted by molar-refractivity contribution is 0.557. The maximum absolute atomic E-state index is 3.76. The van der Waals surface area contributed by atoms with E-state index in [1.54, 1.807) is 6.04 Å². The first-order valence-corrected chi connectivity index (χ1v) is 11.0. The monoisotopic (exact) mass is 254 g/mol. The second kappa shape index (κ2) is 14.0. The van der Waals surface area contributed by atoms with Crippen LogP contribution in [0.4, 0.5) is 0 Å². The van der Waals surface area contributed by atoms with Gasteiger partial charge >= 0.3 is 0 Å². The van der Waals surface area contributed by atoms with Crippen molar-refractivity contribution in [2.75, 3.05) is 0 Å². The van der Waals surface area contributed by atoms with Gasteiger partial charge in [-0.15, -0.1) is 6.58 Å². The number of rotatable bonds is 13. The van der Waals surface area contributed by atoms with Gasteiger partial charge in [-0.2, -0.15) is 0 Å². The smallest absolute Gasteiger partial charge is 0.0305 e. The first-order chi connectivity index (χ1) is 8.27. The van der Waals surface area contributed by atoms with Gasteiger partial charge in [0.25, 0.3) is 0 Å². The average molecular weight is 255 g/mol. The molecule has 0 radical (unpaired) electrons. The van der Waals surface area contributed by atoms with Crippen LogP contribution in [0.1, 0.15) is 70.6 Å². The van der Waals surface area contributed by atoms with Gasteiger partial charge in [0.1, 0.15) is 0 Å². The van der Waals surface area contributed by atoms with E-state index in [0.29, 0.717) is 0 Å². The normalized spacial score (nSPS) is 11.0. The van der Waals surface area contributed by atoms with Crippen molar-refractivity contribution in [2.24, 2.45) is 0 Å². The van der Waals surface area contributed by atoms with Gasteiger partial charge in [0.05, 0.1) is 0 Å². The summed E-state index contributed by atoms with van der Waals surface area (Å²) >= 11 is 0. The van der Waals surface area contributed by atoms with E-state index in [1.165, 1.54) is 70.6 Å². The molecule has 0 saturated carbocycles. The minimum absolute atomic E-state index is 0.262. The molecule has 0 spiro atoms. The molecule has 0 heterocycles. The summed E-state index contributed by atoms with van der Waals surface area (Å²) in [6.07, 6.45) is 17.8. The van der Waals surface area contributed by atoms with Crippen LogP contribution in [-0.2, 0) is 0 Å². The summed E-state index contributed by atoms with van der Waals surface area (Å²) in [6.45, 7) is 8.69. The Labute approximate surface area is 112 Å². The van der Waals surface area contributed by atoms with Crippen LogP contribution in [0, 0.1) is 0 Å². The van der Waals surface area contributed by atoms with Crippen molar-refractivity contribution in [3.8, 4) is 0 Å². The zero-order valence-electron chi connectivity index (χ0n) is 12.3. The molecule has 102 valence electrons. The van der Waals surface area contributed by atoms with Crippen LogP contribution in [-0.4, -0.2) is 8.80 Å². The van der Waals surface area contributed by atoms with Crippen molar-refractivity contribution >= 4 is 8.80 Å². The van der Waals surface area contributed by atoms with Gasteiger partial charge in [0, 0.05) is 8.80 Å². The first-order valence-electron chi connectivity index (χ1n) is 7.88. The second-order valence-corrected chi connectivity index (χ2v) is 9.16. The van der Waals surface area contributed by atoms with E-state index < -0.39 is 0 Å². The molecule has 0 nitrogen and oxygen atoms in total. The van der Waals surface area contributed by atoms with Gasteiger partial charge in [0.15, 0.2) is 0 Å². The summed E-state index contributed by atoms with van der Waals surface area (Å²) in [4.78, 5) is 0. The zero-order valence-corrected chi connectivity index (χ0v) is 13.5. The summed E-state index contributed by atoms with van der Waals surface area (Å²) in [7, 11) is -0.262. The maximum Gasteiger partial charge on any atom is 0.0305 e. The van der Waals surface area contributed by atoms with E-state index in [-0.39, 0.29) is 8.80 Å². The van der Waals surface area contributed by atoms with E-state index >= 15 is 0 Å². The molecule has 0 aromatic rings. The highest BCUT2D eigenvalue weighted by molar-refractivity contribution is 6.55. The molecule has 0 unspecified atom stereocenters. The second-order valence-electron chi connectivity index (χ2n) is 5.80. The molecule has 0 fully saturated rings. The highest BCUT2D eigenvalue weighted by Gasteiger charge is 1.96. The molecule has 1 heteroatoms. The fraction of sp³-hybridized carbons (Fsp3) is 0.875. The van der Waals surface area contributed by atoms with Crippen LogP contribution >= 0.6 is 0 Å². The van der Waals surface area contributed by atoms with Gasteiger partial charge in [-0.3, -0.25) is 0 Å². The quantitative estimate of drug-likeness (QED) is 0.216. The number of unbranched alkanes of at least 4 members (excludes halogenated alkanes) is 10. The summed E-state index contributed by atoms with van der Waals surface area (Å²) in [6, 6.07) is 1.56. The summed E-state index contributed by atoms with van der Waals surface area (Å²) in [5, 5.41) is 0. The van der Waals surface area contributed by atoms with Crippen LogP contribution in [0.25, 0.3) is 0 Å². The Kier molecular flexibility index (Phi) is 14.0. The van der Waals surface area contributed by atoms with Gasteiger partial charge in [0.2, 0.25) is 0 Å². The van der Waals surface area contributed by atoms with E-state index in [9.17, 15) is 0 Å². The Morgan fingerprint density at radius 1 is 0.706 bits per heavy atom. The molecule has 0 rings (SSSR count). The van der Waals surface area contributed by atoms with Crippen LogP contribution in [0.5, 0.6) is 0 Å². The fourth-order valence-electron chi connectivity index (χ4n) is 2.26. The van der Waals surface area contributed by atoms with E-state index in [4.69, 9.17) is 0 Å². The highest BCUT2D eigenvalue weighted by Crippen LogP contribution is 2.12. The average Bonchev–Trinajstić information content (AvgIpc) is 2.30. The predicted octanol–water partition coefficient (Wildman–Crippen LogP) is 5.95. The fourth-order valence-corrected chi connectivity index (χ4v) is 3.36. The SMILES string of the molecule is C=CCCCCCCCCCCCC[SiH](C)C. The van der Waals surface area contributed by atoms with E-state index in [2.05, 4.69) is 19.7 Å². The van der Waals surface area contributed by atoms with Crippen LogP contribution < -0.4 is 0 Å². The van der Waals surface area contributed by atoms with Gasteiger partial charge in [-0.05, 0) is 12.8 Å². The minimum atomic E-state index is -0.262. The van der Waals surface area contributed by atoms with Crippen molar-refractivity contribution in [3.05, 3.63) is 12.7 Å². The van der Waals surface area contributed by atoms with Crippen LogP contribution in [0.2, 0.25) is 19.1 Å². The molecule has 0 bridgehead atoms. The van der Waals surface area contributed by atoms with Crippen molar-refractivity contribution in [3.63, 3.8) is 0 Å². The highest BCUT2D eigenvalue weighted by atomic mass is 28.3. The number of hydrogen-bond acceptors (Lipinski definition) is 0.